The minimum atomic E-state index is -3.71. The van der Waals surface area contributed by atoms with Crippen molar-refractivity contribution in [2.24, 2.45) is 0 Å². The zero-order valence-corrected chi connectivity index (χ0v) is 15.2. The number of nitrogens with zero attached hydrogens (tertiary/aromatic N) is 1. The Morgan fingerprint density at radius 2 is 1.70 bits per heavy atom. The van der Waals surface area contributed by atoms with Crippen LogP contribution in [0.5, 0.6) is 0 Å². The van der Waals surface area contributed by atoms with Gasteiger partial charge in [0.15, 0.2) is 0 Å². The van der Waals surface area contributed by atoms with Gasteiger partial charge in [0.05, 0.1) is 10.0 Å². The highest BCUT2D eigenvalue weighted by molar-refractivity contribution is 9.10. The summed E-state index contributed by atoms with van der Waals surface area (Å²) in [7, 11) is -3.71. The highest BCUT2D eigenvalue weighted by Crippen LogP contribution is 2.32. The Morgan fingerprint density at radius 1 is 1.20 bits per heavy atom. The first-order valence-corrected chi connectivity index (χ1v) is 9.21. The van der Waals surface area contributed by atoms with Crippen molar-refractivity contribution < 1.29 is 8.42 Å². The Labute approximate surface area is 138 Å². The van der Waals surface area contributed by atoms with Crippen LogP contribution in [0.3, 0.4) is 0 Å². The Morgan fingerprint density at radius 3 is 2.15 bits per heavy atom. The number of benzene rings is 1. The van der Waals surface area contributed by atoms with Gasteiger partial charge in [-0.1, -0.05) is 53.0 Å². The van der Waals surface area contributed by atoms with Gasteiger partial charge in [-0.05, 0) is 25.2 Å². The van der Waals surface area contributed by atoms with Crippen LogP contribution in [-0.2, 0) is 10.0 Å². The molecule has 1 rings (SSSR count). The maximum atomic E-state index is 12.2. The maximum absolute atomic E-state index is 12.2. The van der Waals surface area contributed by atoms with Crippen molar-refractivity contribution in [2.45, 2.75) is 18.7 Å². The third kappa shape index (κ3) is 4.86. The highest BCUT2D eigenvalue weighted by Gasteiger charge is 2.22. The van der Waals surface area contributed by atoms with E-state index in [2.05, 4.69) is 25.6 Å². The average Bonchev–Trinajstić information content (AvgIpc) is 2.32. The summed E-state index contributed by atoms with van der Waals surface area (Å²) in [6.07, 6.45) is 0. The van der Waals surface area contributed by atoms with Crippen LogP contribution in [0.2, 0.25) is 10.0 Å². The molecule has 4 nitrogen and oxygen atoms in total. The van der Waals surface area contributed by atoms with Crippen LogP contribution in [0.15, 0.2) is 21.5 Å². The van der Waals surface area contributed by atoms with Gasteiger partial charge in [-0.3, -0.25) is 0 Å². The van der Waals surface area contributed by atoms with E-state index >= 15 is 0 Å². The second-order valence-corrected chi connectivity index (χ2v) is 7.56. The Hall–Kier alpha value is 0.150. The number of sulfonamides is 1. The lowest BCUT2D eigenvalue weighted by molar-refractivity contribution is 0.309. The molecule has 0 fully saturated rings. The highest BCUT2D eigenvalue weighted by atomic mass is 79.9. The quantitative estimate of drug-likeness (QED) is 0.759. The monoisotopic (exact) mass is 402 g/mol. The normalized spacial score (nSPS) is 12.1. The smallest absolute Gasteiger partial charge is 0.243 e. The summed E-state index contributed by atoms with van der Waals surface area (Å²) in [6.45, 7) is 6.75. The van der Waals surface area contributed by atoms with Gasteiger partial charge in [0.1, 0.15) is 4.90 Å². The second-order valence-electron chi connectivity index (χ2n) is 4.12. The first-order valence-electron chi connectivity index (χ1n) is 6.18. The molecule has 8 heteroatoms. The van der Waals surface area contributed by atoms with E-state index in [0.717, 1.165) is 13.1 Å². The summed E-state index contributed by atoms with van der Waals surface area (Å²) >= 11 is 15.2. The van der Waals surface area contributed by atoms with E-state index in [4.69, 9.17) is 23.2 Å². The van der Waals surface area contributed by atoms with Gasteiger partial charge in [-0.25, -0.2) is 13.1 Å². The predicted octanol–water partition coefficient (Wildman–Crippen LogP) is 3.38. The van der Waals surface area contributed by atoms with Gasteiger partial charge in [0.2, 0.25) is 10.0 Å². The summed E-state index contributed by atoms with van der Waals surface area (Å²) in [5.74, 6) is 0. The Kier molecular flexibility index (Phi) is 7.24. The molecule has 20 heavy (non-hydrogen) atoms. The predicted molar refractivity (Wildman–Crippen MR) is 87.1 cm³/mol. The van der Waals surface area contributed by atoms with Crippen molar-refractivity contribution in [1.29, 1.82) is 0 Å². The molecular weight excluding hydrogens is 387 g/mol. The summed E-state index contributed by atoms with van der Waals surface area (Å²) in [5.41, 5.74) is 0. The molecule has 0 unspecified atom stereocenters. The van der Waals surface area contributed by atoms with E-state index in [0.29, 0.717) is 17.6 Å². The van der Waals surface area contributed by atoms with Crippen LogP contribution in [-0.4, -0.2) is 39.5 Å². The van der Waals surface area contributed by atoms with Crippen LogP contribution in [0, 0.1) is 0 Å². The van der Waals surface area contributed by atoms with Crippen LogP contribution < -0.4 is 4.72 Å². The molecule has 0 aliphatic rings. The largest absolute Gasteiger partial charge is 0.303 e. The van der Waals surface area contributed by atoms with Crippen LogP contribution >= 0.6 is 39.1 Å². The van der Waals surface area contributed by atoms with Crippen LogP contribution in [0.4, 0.5) is 0 Å². The fourth-order valence-corrected chi connectivity index (χ4v) is 4.69. The number of rotatable bonds is 7. The van der Waals surface area contributed by atoms with Crippen molar-refractivity contribution in [1.82, 2.24) is 9.62 Å². The molecule has 1 aromatic carbocycles. The SMILES string of the molecule is CCN(CC)CCNS(=O)(=O)c1c(Cl)cc(Br)cc1Cl. The lowest BCUT2D eigenvalue weighted by Gasteiger charge is -2.18. The first kappa shape index (κ1) is 18.2. The van der Waals surface area contributed by atoms with E-state index in [9.17, 15) is 8.42 Å². The molecule has 0 heterocycles. The van der Waals surface area contributed by atoms with Gasteiger partial charge in [-0.15, -0.1) is 0 Å². The number of hydrogen-bond acceptors (Lipinski definition) is 3. The molecule has 0 aliphatic heterocycles. The summed E-state index contributed by atoms with van der Waals surface area (Å²) in [5, 5.41) is 0.194. The van der Waals surface area contributed by atoms with Crippen LogP contribution in [0.25, 0.3) is 0 Å². The minimum absolute atomic E-state index is 0.0800. The number of hydrogen-bond donors (Lipinski definition) is 1. The maximum Gasteiger partial charge on any atom is 0.243 e. The van der Waals surface area contributed by atoms with Gasteiger partial charge in [0, 0.05) is 17.6 Å². The molecule has 0 saturated heterocycles. The topological polar surface area (TPSA) is 49.4 Å². The third-order valence-corrected chi connectivity index (χ3v) is 5.69. The zero-order valence-electron chi connectivity index (χ0n) is 11.3. The number of nitrogens with one attached hydrogen (secondary N) is 1. The molecule has 0 radical (unpaired) electrons. The summed E-state index contributed by atoms with van der Waals surface area (Å²) in [4.78, 5) is 2.04. The molecule has 0 aliphatic carbocycles. The standard InChI is InChI=1S/C12H17BrCl2N2O2S/c1-3-17(4-2)6-5-16-20(18,19)12-10(14)7-9(13)8-11(12)15/h7-8,16H,3-6H2,1-2H3. The third-order valence-electron chi connectivity index (χ3n) is 2.85. The van der Waals surface area contributed by atoms with Crippen molar-refractivity contribution in [3.05, 3.63) is 26.7 Å². The van der Waals surface area contributed by atoms with Crippen molar-refractivity contribution in [3.63, 3.8) is 0 Å². The summed E-state index contributed by atoms with van der Waals surface area (Å²) in [6, 6.07) is 3.01. The summed E-state index contributed by atoms with van der Waals surface area (Å²) < 4.78 is 27.6. The van der Waals surface area contributed by atoms with E-state index < -0.39 is 10.0 Å². The van der Waals surface area contributed by atoms with Crippen molar-refractivity contribution in [2.75, 3.05) is 26.2 Å². The lowest BCUT2D eigenvalue weighted by atomic mass is 10.4. The molecule has 0 atom stereocenters. The number of halogens is 3. The van der Waals surface area contributed by atoms with Crippen molar-refractivity contribution in [3.8, 4) is 0 Å². The van der Waals surface area contributed by atoms with Gasteiger partial charge in [0.25, 0.3) is 0 Å². The molecule has 1 aromatic rings. The van der Waals surface area contributed by atoms with Gasteiger partial charge < -0.3 is 4.90 Å². The molecule has 0 bridgehead atoms. The molecule has 1 N–H and O–H groups in total. The lowest BCUT2D eigenvalue weighted by Crippen LogP contribution is -2.35. The molecule has 0 amide bonds. The fraction of sp³-hybridized carbons (Fsp3) is 0.500. The van der Waals surface area contributed by atoms with E-state index in [1.54, 1.807) is 0 Å². The zero-order chi connectivity index (χ0) is 15.3. The first-order chi connectivity index (χ1) is 9.31. The Balaban J connectivity index is 2.85. The fourth-order valence-electron chi connectivity index (χ4n) is 1.74. The van der Waals surface area contributed by atoms with Gasteiger partial charge in [-0.2, -0.15) is 0 Å². The molecule has 0 spiro atoms. The molecule has 0 saturated carbocycles. The molecular formula is C12H17BrCl2N2O2S. The van der Waals surface area contributed by atoms with Gasteiger partial charge >= 0.3 is 0 Å². The van der Waals surface area contributed by atoms with E-state index in [1.165, 1.54) is 12.1 Å². The molecule has 0 aromatic heterocycles. The van der Waals surface area contributed by atoms with Crippen molar-refractivity contribution >= 4 is 49.2 Å². The molecule has 114 valence electrons. The van der Waals surface area contributed by atoms with Crippen LogP contribution in [0.1, 0.15) is 13.8 Å². The second kappa shape index (κ2) is 7.96. The number of likely N-dealkylation sites (N-methyl/N-ethyl adjacent to an activating group) is 1. The Bertz CT molecular complexity index is 540. The van der Waals surface area contributed by atoms with E-state index in [-0.39, 0.29) is 14.9 Å². The van der Waals surface area contributed by atoms with E-state index in [1.807, 2.05) is 13.8 Å². The average molecular weight is 404 g/mol. The minimum Gasteiger partial charge on any atom is -0.303 e.